The van der Waals surface area contributed by atoms with Crippen LogP contribution in [0.2, 0.25) is 10.3 Å². The van der Waals surface area contributed by atoms with E-state index in [1.807, 2.05) is 37.3 Å². The highest BCUT2D eigenvalue weighted by Crippen LogP contribution is 2.26. The molecule has 0 amide bonds. The predicted molar refractivity (Wildman–Crippen MR) is 62.2 cm³/mol. The van der Waals surface area contributed by atoms with Gasteiger partial charge >= 0.3 is 0 Å². The molecule has 0 saturated carbocycles. The van der Waals surface area contributed by atoms with E-state index in [1.165, 1.54) is 0 Å². The molecule has 0 saturated heterocycles. The number of hydrogen-bond acceptors (Lipinski definition) is 2. The zero-order valence-electron chi connectivity index (χ0n) is 8.04. The zero-order valence-corrected chi connectivity index (χ0v) is 9.55. The monoisotopic (exact) mass is 238 g/mol. The topological polar surface area (TPSA) is 25.8 Å². The number of aromatic nitrogens is 2. The highest BCUT2D eigenvalue weighted by Gasteiger charge is 2.06. The van der Waals surface area contributed by atoms with Crippen molar-refractivity contribution in [3.05, 3.63) is 46.3 Å². The molecule has 0 atom stereocenters. The van der Waals surface area contributed by atoms with Gasteiger partial charge in [0.2, 0.25) is 5.28 Å². The lowest BCUT2D eigenvalue weighted by molar-refractivity contribution is 1.11. The number of nitrogens with zero attached hydrogens (tertiary/aromatic N) is 2. The van der Waals surface area contributed by atoms with E-state index >= 15 is 0 Å². The van der Waals surface area contributed by atoms with Crippen molar-refractivity contribution >= 4 is 23.2 Å². The molecule has 2 rings (SSSR count). The lowest BCUT2D eigenvalue weighted by Gasteiger charge is -2.04. The Morgan fingerprint density at radius 2 is 1.80 bits per heavy atom. The SMILES string of the molecule is Cc1cc(-c2ccccc2Cl)nc(Cl)n1. The van der Waals surface area contributed by atoms with Crippen molar-refractivity contribution in [2.24, 2.45) is 0 Å². The summed E-state index contributed by atoms with van der Waals surface area (Å²) in [7, 11) is 0. The Balaban J connectivity index is 2.59. The van der Waals surface area contributed by atoms with Crippen molar-refractivity contribution in [2.45, 2.75) is 6.92 Å². The minimum atomic E-state index is 0.241. The van der Waals surface area contributed by atoms with Crippen LogP contribution < -0.4 is 0 Å². The molecule has 4 heteroatoms. The maximum atomic E-state index is 6.06. The molecule has 1 aromatic heterocycles. The lowest BCUT2D eigenvalue weighted by Crippen LogP contribution is -1.90. The predicted octanol–water partition coefficient (Wildman–Crippen LogP) is 3.76. The fourth-order valence-corrected chi connectivity index (χ4v) is 1.80. The summed E-state index contributed by atoms with van der Waals surface area (Å²) in [4.78, 5) is 8.14. The molecule has 1 aromatic carbocycles. The Bertz CT molecular complexity index is 477. The summed E-state index contributed by atoms with van der Waals surface area (Å²) in [5.41, 5.74) is 2.44. The molecule has 0 aliphatic heterocycles. The highest BCUT2D eigenvalue weighted by molar-refractivity contribution is 6.33. The minimum absolute atomic E-state index is 0.241. The fraction of sp³-hybridized carbons (Fsp3) is 0.0909. The van der Waals surface area contributed by atoms with Gasteiger partial charge in [0, 0.05) is 16.3 Å². The standard InChI is InChI=1S/C11H8Cl2N2/c1-7-6-10(15-11(13)14-7)8-4-2-3-5-9(8)12/h2-6H,1H3. The molecule has 0 aliphatic rings. The van der Waals surface area contributed by atoms with Crippen LogP contribution in [0, 0.1) is 6.92 Å². The summed E-state index contributed by atoms with van der Waals surface area (Å²) >= 11 is 11.8. The van der Waals surface area contributed by atoms with Gasteiger partial charge in [0.05, 0.1) is 5.69 Å². The van der Waals surface area contributed by atoms with Gasteiger partial charge in [-0.3, -0.25) is 0 Å². The molecule has 0 spiro atoms. The molecule has 0 aliphatic carbocycles. The van der Waals surface area contributed by atoms with Crippen molar-refractivity contribution in [2.75, 3.05) is 0 Å². The second-order valence-electron chi connectivity index (χ2n) is 3.14. The highest BCUT2D eigenvalue weighted by atomic mass is 35.5. The van der Waals surface area contributed by atoms with Gasteiger partial charge in [-0.1, -0.05) is 29.8 Å². The van der Waals surface area contributed by atoms with Gasteiger partial charge in [-0.25, -0.2) is 9.97 Å². The van der Waals surface area contributed by atoms with Gasteiger partial charge in [0.15, 0.2) is 0 Å². The summed E-state index contributed by atoms with van der Waals surface area (Å²) < 4.78 is 0. The third-order valence-corrected chi connectivity index (χ3v) is 2.48. The molecule has 0 unspecified atom stereocenters. The number of benzene rings is 1. The Labute approximate surface area is 97.9 Å². The van der Waals surface area contributed by atoms with E-state index in [1.54, 1.807) is 0 Å². The smallest absolute Gasteiger partial charge is 0.223 e. The first-order valence-corrected chi connectivity index (χ1v) is 5.18. The van der Waals surface area contributed by atoms with Crippen LogP contribution in [-0.2, 0) is 0 Å². The minimum Gasteiger partial charge on any atom is -0.223 e. The van der Waals surface area contributed by atoms with Crippen LogP contribution in [0.1, 0.15) is 5.69 Å². The van der Waals surface area contributed by atoms with Crippen LogP contribution in [0.5, 0.6) is 0 Å². The van der Waals surface area contributed by atoms with E-state index in [0.717, 1.165) is 17.0 Å². The number of halogens is 2. The van der Waals surface area contributed by atoms with Gasteiger partial charge in [-0.15, -0.1) is 0 Å². The van der Waals surface area contributed by atoms with Crippen LogP contribution >= 0.6 is 23.2 Å². The molecular weight excluding hydrogens is 231 g/mol. The van der Waals surface area contributed by atoms with Crippen molar-refractivity contribution in [3.8, 4) is 11.3 Å². The van der Waals surface area contributed by atoms with Crippen LogP contribution in [0.25, 0.3) is 11.3 Å². The van der Waals surface area contributed by atoms with Crippen molar-refractivity contribution in [1.29, 1.82) is 0 Å². The van der Waals surface area contributed by atoms with E-state index in [0.29, 0.717) is 5.02 Å². The molecule has 2 nitrogen and oxygen atoms in total. The first kappa shape index (κ1) is 10.4. The Hall–Kier alpha value is -1.12. The van der Waals surface area contributed by atoms with Crippen molar-refractivity contribution in [1.82, 2.24) is 9.97 Å². The summed E-state index contributed by atoms with van der Waals surface area (Å²) in [6.07, 6.45) is 0. The van der Waals surface area contributed by atoms with Gasteiger partial charge in [0.25, 0.3) is 0 Å². The molecule has 15 heavy (non-hydrogen) atoms. The van der Waals surface area contributed by atoms with Gasteiger partial charge < -0.3 is 0 Å². The lowest BCUT2D eigenvalue weighted by atomic mass is 10.1. The van der Waals surface area contributed by atoms with Crippen LogP contribution in [0.3, 0.4) is 0 Å². The Morgan fingerprint density at radius 3 is 2.47 bits per heavy atom. The second-order valence-corrected chi connectivity index (χ2v) is 3.89. The van der Waals surface area contributed by atoms with E-state index in [9.17, 15) is 0 Å². The van der Waals surface area contributed by atoms with Gasteiger partial charge in [0.1, 0.15) is 0 Å². The zero-order chi connectivity index (χ0) is 10.8. The van der Waals surface area contributed by atoms with Crippen LogP contribution in [0.4, 0.5) is 0 Å². The maximum absolute atomic E-state index is 6.06. The van der Waals surface area contributed by atoms with E-state index < -0.39 is 0 Å². The first-order valence-electron chi connectivity index (χ1n) is 4.43. The molecule has 0 N–H and O–H groups in total. The molecule has 2 aromatic rings. The molecular formula is C11H8Cl2N2. The van der Waals surface area contributed by atoms with Crippen molar-refractivity contribution < 1.29 is 0 Å². The number of aryl methyl sites for hydroxylation is 1. The largest absolute Gasteiger partial charge is 0.223 e. The molecule has 0 fully saturated rings. The average Bonchev–Trinajstić information content (AvgIpc) is 2.16. The van der Waals surface area contributed by atoms with E-state index in [2.05, 4.69) is 9.97 Å². The number of hydrogen-bond donors (Lipinski definition) is 0. The molecule has 76 valence electrons. The molecule has 1 heterocycles. The number of rotatable bonds is 1. The van der Waals surface area contributed by atoms with E-state index in [-0.39, 0.29) is 5.28 Å². The second kappa shape index (κ2) is 4.17. The summed E-state index contributed by atoms with van der Waals surface area (Å²) in [6, 6.07) is 9.36. The first-order chi connectivity index (χ1) is 7.16. The fourth-order valence-electron chi connectivity index (χ4n) is 1.34. The molecule has 0 radical (unpaired) electrons. The third kappa shape index (κ3) is 2.28. The van der Waals surface area contributed by atoms with Crippen molar-refractivity contribution in [3.63, 3.8) is 0 Å². The Kier molecular flexibility index (Phi) is 2.89. The summed E-state index contributed by atoms with van der Waals surface area (Å²) in [5.74, 6) is 0. The van der Waals surface area contributed by atoms with Crippen LogP contribution in [0.15, 0.2) is 30.3 Å². The maximum Gasteiger partial charge on any atom is 0.223 e. The normalized spacial score (nSPS) is 10.3. The van der Waals surface area contributed by atoms with Gasteiger partial charge in [-0.2, -0.15) is 0 Å². The van der Waals surface area contributed by atoms with Crippen LogP contribution in [-0.4, -0.2) is 9.97 Å². The van der Waals surface area contributed by atoms with E-state index in [4.69, 9.17) is 23.2 Å². The quantitative estimate of drug-likeness (QED) is 0.708. The summed E-state index contributed by atoms with van der Waals surface area (Å²) in [6.45, 7) is 1.87. The van der Waals surface area contributed by atoms with Gasteiger partial charge in [-0.05, 0) is 30.7 Å². The molecule has 0 bridgehead atoms. The summed E-state index contributed by atoms with van der Waals surface area (Å²) in [5, 5.41) is 0.900. The third-order valence-electron chi connectivity index (χ3n) is 1.98. The Morgan fingerprint density at radius 1 is 1.07 bits per heavy atom. The average molecular weight is 239 g/mol.